The average molecular weight is 373 g/mol. The maximum atomic E-state index is 11.0. The van der Waals surface area contributed by atoms with E-state index in [4.69, 9.17) is 5.11 Å². The molecule has 3 atom stereocenters. The van der Waals surface area contributed by atoms with Gasteiger partial charge < -0.3 is 5.11 Å². The highest BCUT2D eigenvalue weighted by atomic mass is 16.4. The number of rotatable bonds is 6. The summed E-state index contributed by atoms with van der Waals surface area (Å²) in [5.41, 5.74) is 3.70. The smallest absolute Gasteiger partial charge is 0.307 e. The molecule has 0 spiro atoms. The van der Waals surface area contributed by atoms with Crippen LogP contribution in [0.2, 0.25) is 0 Å². The van der Waals surface area contributed by atoms with Crippen LogP contribution in [0.5, 0.6) is 0 Å². The van der Waals surface area contributed by atoms with Crippen LogP contribution in [0.1, 0.15) is 61.1 Å². The first kappa shape index (κ1) is 18.7. The highest BCUT2D eigenvalue weighted by Gasteiger charge is 2.27. The first-order chi connectivity index (χ1) is 13.6. The summed E-state index contributed by atoms with van der Waals surface area (Å²) in [5.74, 6) is 1.10. The fraction of sp³-hybridized carbons (Fsp3) is 0.346. The molecule has 0 saturated heterocycles. The predicted molar refractivity (Wildman–Crippen MR) is 115 cm³/mol. The molecule has 3 aromatic carbocycles. The van der Waals surface area contributed by atoms with Gasteiger partial charge in [-0.05, 0) is 70.9 Å². The van der Waals surface area contributed by atoms with Gasteiger partial charge in [0, 0.05) is 0 Å². The van der Waals surface area contributed by atoms with Crippen LogP contribution in [-0.4, -0.2) is 11.1 Å². The minimum atomic E-state index is -0.759. The van der Waals surface area contributed by atoms with Crippen molar-refractivity contribution in [3.63, 3.8) is 0 Å². The van der Waals surface area contributed by atoms with Gasteiger partial charge in [-0.3, -0.25) is 4.79 Å². The third kappa shape index (κ3) is 4.11. The molecule has 4 rings (SSSR count). The fourth-order valence-electron chi connectivity index (χ4n) is 5.03. The average Bonchev–Trinajstić information content (AvgIpc) is 3.16. The van der Waals surface area contributed by atoms with Crippen LogP contribution < -0.4 is 0 Å². The summed E-state index contributed by atoms with van der Waals surface area (Å²) < 4.78 is 0. The van der Waals surface area contributed by atoms with Gasteiger partial charge in [0.15, 0.2) is 0 Å². The van der Waals surface area contributed by atoms with E-state index in [0.29, 0.717) is 11.8 Å². The van der Waals surface area contributed by atoms with Crippen LogP contribution in [0, 0.1) is 5.92 Å². The minimum Gasteiger partial charge on any atom is -0.481 e. The summed E-state index contributed by atoms with van der Waals surface area (Å²) in [4.78, 5) is 11.0. The topological polar surface area (TPSA) is 37.3 Å². The Morgan fingerprint density at radius 1 is 1.04 bits per heavy atom. The second-order valence-corrected chi connectivity index (χ2v) is 8.40. The summed E-state index contributed by atoms with van der Waals surface area (Å²) in [5, 5.41) is 11.8. The molecule has 0 aliphatic heterocycles. The molecule has 0 unspecified atom stereocenters. The summed E-state index contributed by atoms with van der Waals surface area (Å²) in [6.07, 6.45) is 5.03. The maximum Gasteiger partial charge on any atom is 0.307 e. The molecule has 1 aliphatic carbocycles. The lowest BCUT2D eigenvalue weighted by molar-refractivity contribution is -0.136. The van der Waals surface area contributed by atoms with Crippen molar-refractivity contribution in [2.75, 3.05) is 0 Å². The van der Waals surface area contributed by atoms with Crippen molar-refractivity contribution >= 4 is 16.7 Å². The third-order valence-electron chi connectivity index (χ3n) is 6.36. The number of fused-ring (bicyclic) bond motifs is 1. The monoisotopic (exact) mass is 372 g/mol. The molecule has 0 radical (unpaired) electrons. The summed E-state index contributed by atoms with van der Waals surface area (Å²) in [7, 11) is 0. The van der Waals surface area contributed by atoms with E-state index in [0.717, 1.165) is 11.5 Å². The van der Waals surface area contributed by atoms with Gasteiger partial charge in [0.25, 0.3) is 0 Å². The Balaban J connectivity index is 1.44. The van der Waals surface area contributed by atoms with Crippen molar-refractivity contribution in [1.82, 2.24) is 0 Å². The van der Waals surface area contributed by atoms with Gasteiger partial charge in [0.05, 0.1) is 6.42 Å². The molecule has 0 heterocycles. The normalized spacial score (nSPS) is 20.3. The zero-order valence-electron chi connectivity index (χ0n) is 16.5. The molecule has 1 fully saturated rings. The van der Waals surface area contributed by atoms with Crippen molar-refractivity contribution < 1.29 is 9.90 Å². The first-order valence-corrected chi connectivity index (χ1v) is 10.4. The van der Waals surface area contributed by atoms with E-state index in [1.54, 1.807) is 0 Å². The SMILES string of the molecule is C[C@@H](C[C@H]1CC[C@@H](c2cccc(CC(=O)O)c2)C1)c1cccc2ccccc12. The number of aliphatic carboxylic acids is 1. The van der Waals surface area contributed by atoms with E-state index in [2.05, 4.69) is 61.5 Å². The predicted octanol–water partition coefficient (Wildman–Crippen LogP) is 6.54. The molecule has 1 N–H and O–H groups in total. The van der Waals surface area contributed by atoms with E-state index in [9.17, 15) is 4.79 Å². The van der Waals surface area contributed by atoms with Crippen LogP contribution in [0.25, 0.3) is 10.8 Å². The highest BCUT2D eigenvalue weighted by Crippen LogP contribution is 2.43. The zero-order valence-corrected chi connectivity index (χ0v) is 16.5. The van der Waals surface area contributed by atoms with Gasteiger partial charge in [-0.2, -0.15) is 0 Å². The molecule has 0 aromatic heterocycles. The van der Waals surface area contributed by atoms with Crippen LogP contribution >= 0.6 is 0 Å². The molecular formula is C26H28O2. The Morgan fingerprint density at radius 3 is 2.68 bits per heavy atom. The molecule has 0 bridgehead atoms. The lowest BCUT2D eigenvalue weighted by atomic mass is 9.86. The molecular weight excluding hydrogens is 344 g/mol. The lowest BCUT2D eigenvalue weighted by Crippen LogP contribution is -2.04. The summed E-state index contributed by atoms with van der Waals surface area (Å²) in [6.45, 7) is 2.36. The summed E-state index contributed by atoms with van der Waals surface area (Å²) >= 11 is 0. The van der Waals surface area contributed by atoms with Gasteiger partial charge >= 0.3 is 5.97 Å². The van der Waals surface area contributed by atoms with Crippen molar-refractivity contribution in [2.45, 2.75) is 50.9 Å². The summed E-state index contributed by atoms with van der Waals surface area (Å²) in [6, 6.07) is 23.6. The van der Waals surface area contributed by atoms with Gasteiger partial charge in [-0.25, -0.2) is 0 Å². The third-order valence-corrected chi connectivity index (χ3v) is 6.36. The fourth-order valence-corrected chi connectivity index (χ4v) is 5.03. The number of hydrogen-bond acceptors (Lipinski definition) is 1. The number of carbonyl (C=O) groups is 1. The van der Waals surface area contributed by atoms with Gasteiger partial charge in [0.2, 0.25) is 0 Å². The Labute approximate surface area is 167 Å². The minimum absolute atomic E-state index is 0.113. The molecule has 2 nitrogen and oxygen atoms in total. The van der Waals surface area contributed by atoms with Crippen molar-refractivity contribution in [3.05, 3.63) is 83.4 Å². The number of hydrogen-bond donors (Lipinski definition) is 1. The standard InChI is InChI=1S/C26H28O2/c1-18(24-11-5-8-21-7-2-3-10-25(21)24)14-20-12-13-23(16-20)22-9-4-6-19(15-22)17-26(27)28/h2-11,15,18,20,23H,12-14,16-17H2,1H3,(H,27,28)/t18-,20+,23+/m0/s1. The van der Waals surface area contributed by atoms with E-state index < -0.39 is 5.97 Å². The lowest BCUT2D eigenvalue weighted by Gasteiger charge is -2.19. The molecule has 1 aliphatic rings. The second kappa shape index (κ2) is 8.18. The quantitative estimate of drug-likeness (QED) is 0.533. The molecule has 3 aromatic rings. The van der Waals surface area contributed by atoms with E-state index in [1.807, 2.05) is 12.1 Å². The first-order valence-electron chi connectivity index (χ1n) is 10.4. The maximum absolute atomic E-state index is 11.0. The Morgan fingerprint density at radius 2 is 1.82 bits per heavy atom. The number of carboxylic acid groups (broad SMARTS) is 1. The largest absolute Gasteiger partial charge is 0.481 e. The zero-order chi connectivity index (χ0) is 19.5. The Bertz CT molecular complexity index is 970. The van der Waals surface area contributed by atoms with Crippen LogP contribution in [0.15, 0.2) is 66.7 Å². The molecule has 28 heavy (non-hydrogen) atoms. The molecule has 1 saturated carbocycles. The highest BCUT2D eigenvalue weighted by molar-refractivity contribution is 5.86. The Hall–Kier alpha value is -2.61. The van der Waals surface area contributed by atoms with Crippen molar-refractivity contribution in [1.29, 1.82) is 0 Å². The second-order valence-electron chi connectivity index (χ2n) is 8.40. The van der Waals surface area contributed by atoms with Crippen LogP contribution in [0.4, 0.5) is 0 Å². The molecule has 0 amide bonds. The van der Waals surface area contributed by atoms with E-state index in [-0.39, 0.29) is 6.42 Å². The number of carboxylic acids is 1. The van der Waals surface area contributed by atoms with Crippen LogP contribution in [-0.2, 0) is 11.2 Å². The molecule has 144 valence electrons. The van der Waals surface area contributed by atoms with E-state index in [1.165, 1.54) is 47.6 Å². The number of benzene rings is 3. The van der Waals surface area contributed by atoms with Crippen LogP contribution in [0.3, 0.4) is 0 Å². The van der Waals surface area contributed by atoms with Crippen molar-refractivity contribution in [2.24, 2.45) is 5.92 Å². The van der Waals surface area contributed by atoms with E-state index >= 15 is 0 Å². The Kier molecular flexibility index (Phi) is 5.47. The molecule has 2 heteroatoms. The van der Waals surface area contributed by atoms with Crippen molar-refractivity contribution in [3.8, 4) is 0 Å². The van der Waals surface area contributed by atoms with Gasteiger partial charge in [-0.15, -0.1) is 0 Å². The van der Waals surface area contributed by atoms with Gasteiger partial charge in [-0.1, -0.05) is 73.7 Å². The van der Waals surface area contributed by atoms with Gasteiger partial charge in [0.1, 0.15) is 0 Å².